The molecule has 0 aromatic carbocycles. The van der Waals surface area contributed by atoms with E-state index in [9.17, 15) is 0 Å². The number of hydrogen-bond acceptors (Lipinski definition) is 5. The second-order valence-electron chi connectivity index (χ2n) is 3.54. The summed E-state index contributed by atoms with van der Waals surface area (Å²) in [7, 11) is 0. The van der Waals surface area contributed by atoms with E-state index < -0.39 is 0 Å². The van der Waals surface area contributed by atoms with Crippen molar-refractivity contribution in [3.63, 3.8) is 0 Å². The van der Waals surface area contributed by atoms with Gasteiger partial charge in [0.05, 0.1) is 13.2 Å². The number of nitrogens with two attached hydrogens (primary N) is 1. The SMILES string of the molecule is Cc1cnc(NCCCOCCO)cc1N. The molecule has 5 nitrogen and oxygen atoms in total. The minimum atomic E-state index is 0.0729. The second-order valence-corrected chi connectivity index (χ2v) is 3.54. The first-order chi connectivity index (χ1) is 7.74. The summed E-state index contributed by atoms with van der Waals surface area (Å²) in [5, 5.41) is 11.6. The first kappa shape index (κ1) is 12.7. The van der Waals surface area contributed by atoms with E-state index >= 15 is 0 Å². The van der Waals surface area contributed by atoms with E-state index in [-0.39, 0.29) is 6.61 Å². The van der Waals surface area contributed by atoms with Crippen molar-refractivity contribution >= 4 is 11.5 Å². The highest BCUT2D eigenvalue weighted by Gasteiger charge is 1.97. The Labute approximate surface area is 95.6 Å². The number of nitrogens with one attached hydrogen (secondary N) is 1. The summed E-state index contributed by atoms with van der Waals surface area (Å²) in [6.07, 6.45) is 2.62. The number of aliphatic hydroxyl groups excluding tert-OH is 1. The van der Waals surface area contributed by atoms with Gasteiger partial charge in [0.25, 0.3) is 0 Å². The average molecular weight is 225 g/mol. The summed E-state index contributed by atoms with van der Waals surface area (Å²) in [6, 6.07) is 1.82. The van der Waals surface area contributed by atoms with Crippen LogP contribution in [0.3, 0.4) is 0 Å². The summed E-state index contributed by atoms with van der Waals surface area (Å²) in [5.41, 5.74) is 7.49. The Bertz CT molecular complexity index is 318. The molecule has 0 amide bonds. The molecule has 0 atom stereocenters. The highest BCUT2D eigenvalue weighted by molar-refractivity contribution is 5.53. The van der Waals surface area contributed by atoms with Crippen molar-refractivity contribution in [2.45, 2.75) is 13.3 Å². The van der Waals surface area contributed by atoms with Crippen molar-refractivity contribution < 1.29 is 9.84 Å². The van der Waals surface area contributed by atoms with Crippen LogP contribution < -0.4 is 11.1 Å². The Morgan fingerprint density at radius 3 is 3.00 bits per heavy atom. The van der Waals surface area contributed by atoms with Gasteiger partial charge in [-0.2, -0.15) is 0 Å². The van der Waals surface area contributed by atoms with Gasteiger partial charge in [-0.15, -0.1) is 0 Å². The van der Waals surface area contributed by atoms with Crippen LogP contribution in [0, 0.1) is 6.92 Å². The van der Waals surface area contributed by atoms with Crippen molar-refractivity contribution in [1.29, 1.82) is 0 Å². The molecule has 0 aliphatic heterocycles. The Hall–Kier alpha value is -1.33. The van der Waals surface area contributed by atoms with Gasteiger partial charge in [0.2, 0.25) is 0 Å². The molecule has 1 heterocycles. The smallest absolute Gasteiger partial charge is 0.127 e. The van der Waals surface area contributed by atoms with Crippen LogP contribution in [0.5, 0.6) is 0 Å². The summed E-state index contributed by atoms with van der Waals surface area (Å²) >= 11 is 0. The molecule has 1 aromatic heterocycles. The molecular weight excluding hydrogens is 206 g/mol. The Kier molecular flexibility index (Phi) is 5.60. The highest BCUT2D eigenvalue weighted by atomic mass is 16.5. The fourth-order valence-corrected chi connectivity index (χ4v) is 1.19. The van der Waals surface area contributed by atoms with Crippen LogP contribution in [0.4, 0.5) is 11.5 Å². The number of anilines is 2. The van der Waals surface area contributed by atoms with Gasteiger partial charge in [-0.3, -0.25) is 0 Å². The molecule has 0 saturated carbocycles. The van der Waals surface area contributed by atoms with E-state index in [1.165, 1.54) is 0 Å². The molecule has 0 aliphatic rings. The third kappa shape index (κ3) is 4.46. The van der Waals surface area contributed by atoms with Gasteiger partial charge in [-0.25, -0.2) is 4.98 Å². The van der Waals surface area contributed by atoms with E-state index in [0.717, 1.165) is 30.0 Å². The summed E-state index contributed by atoms with van der Waals surface area (Å²) < 4.78 is 5.13. The number of aliphatic hydroxyl groups is 1. The van der Waals surface area contributed by atoms with Crippen LogP contribution in [0.15, 0.2) is 12.3 Å². The monoisotopic (exact) mass is 225 g/mol. The zero-order chi connectivity index (χ0) is 11.8. The maximum Gasteiger partial charge on any atom is 0.127 e. The first-order valence-corrected chi connectivity index (χ1v) is 5.38. The van der Waals surface area contributed by atoms with Crippen LogP contribution in [0.2, 0.25) is 0 Å². The number of rotatable bonds is 7. The number of hydrogen-bond donors (Lipinski definition) is 3. The molecule has 0 spiro atoms. The molecule has 0 bridgehead atoms. The highest BCUT2D eigenvalue weighted by Crippen LogP contribution is 2.13. The lowest BCUT2D eigenvalue weighted by atomic mass is 10.2. The first-order valence-electron chi connectivity index (χ1n) is 5.38. The number of aryl methyl sites for hydroxylation is 1. The van der Waals surface area contributed by atoms with Crippen molar-refractivity contribution in [1.82, 2.24) is 4.98 Å². The van der Waals surface area contributed by atoms with Crippen molar-refractivity contribution in [3.05, 3.63) is 17.8 Å². The average Bonchev–Trinajstić information content (AvgIpc) is 2.28. The molecule has 4 N–H and O–H groups in total. The van der Waals surface area contributed by atoms with E-state index in [4.69, 9.17) is 15.6 Å². The summed E-state index contributed by atoms with van der Waals surface area (Å²) in [5.74, 6) is 0.783. The zero-order valence-electron chi connectivity index (χ0n) is 9.57. The van der Waals surface area contributed by atoms with Crippen LogP contribution in [-0.4, -0.2) is 36.5 Å². The lowest BCUT2D eigenvalue weighted by Gasteiger charge is -2.07. The van der Waals surface area contributed by atoms with Gasteiger partial charge in [0.1, 0.15) is 5.82 Å². The van der Waals surface area contributed by atoms with Gasteiger partial charge < -0.3 is 20.9 Å². The molecule has 1 rings (SSSR count). The van der Waals surface area contributed by atoms with E-state index in [1.54, 1.807) is 6.20 Å². The predicted octanol–water partition coefficient (Wildman–Crippen LogP) is 0.783. The molecule has 16 heavy (non-hydrogen) atoms. The number of aromatic nitrogens is 1. The van der Waals surface area contributed by atoms with E-state index in [0.29, 0.717) is 13.2 Å². The molecular formula is C11H19N3O2. The maximum atomic E-state index is 8.49. The molecule has 0 radical (unpaired) electrons. The third-order valence-electron chi connectivity index (χ3n) is 2.15. The van der Waals surface area contributed by atoms with Crippen LogP contribution in [0.25, 0.3) is 0 Å². The molecule has 90 valence electrons. The van der Waals surface area contributed by atoms with E-state index in [2.05, 4.69) is 10.3 Å². The molecule has 0 saturated heterocycles. The van der Waals surface area contributed by atoms with E-state index in [1.807, 2.05) is 13.0 Å². The number of nitrogens with zero attached hydrogens (tertiary/aromatic N) is 1. The molecule has 0 aliphatic carbocycles. The Morgan fingerprint density at radius 2 is 2.31 bits per heavy atom. The van der Waals surface area contributed by atoms with Crippen molar-refractivity contribution in [2.75, 3.05) is 37.4 Å². The lowest BCUT2D eigenvalue weighted by molar-refractivity contribution is 0.0922. The fourth-order valence-electron chi connectivity index (χ4n) is 1.19. The Balaban J connectivity index is 2.19. The topological polar surface area (TPSA) is 80.4 Å². The van der Waals surface area contributed by atoms with Gasteiger partial charge in [0, 0.05) is 31.1 Å². The molecule has 0 unspecified atom stereocenters. The molecule has 1 aromatic rings. The zero-order valence-corrected chi connectivity index (χ0v) is 9.57. The minimum Gasteiger partial charge on any atom is -0.398 e. The lowest BCUT2D eigenvalue weighted by Crippen LogP contribution is -2.08. The van der Waals surface area contributed by atoms with Gasteiger partial charge >= 0.3 is 0 Å². The fraction of sp³-hybridized carbons (Fsp3) is 0.545. The number of ether oxygens (including phenoxy) is 1. The quantitative estimate of drug-likeness (QED) is 0.598. The van der Waals surface area contributed by atoms with Crippen molar-refractivity contribution in [2.24, 2.45) is 0 Å². The van der Waals surface area contributed by atoms with Crippen molar-refractivity contribution in [3.8, 4) is 0 Å². The normalized spacial score (nSPS) is 10.4. The summed E-state index contributed by atoms with van der Waals surface area (Å²) in [4.78, 5) is 4.20. The van der Waals surface area contributed by atoms with Gasteiger partial charge in [-0.1, -0.05) is 0 Å². The second kappa shape index (κ2) is 7.03. The predicted molar refractivity (Wildman–Crippen MR) is 64.4 cm³/mol. The van der Waals surface area contributed by atoms with Crippen LogP contribution in [0.1, 0.15) is 12.0 Å². The van der Waals surface area contributed by atoms with Gasteiger partial charge in [-0.05, 0) is 18.9 Å². The molecule has 5 heteroatoms. The van der Waals surface area contributed by atoms with Crippen LogP contribution in [-0.2, 0) is 4.74 Å². The minimum absolute atomic E-state index is 0.0729. The largest absolute Gasteiger partial charge is 0.398 e. The number of pyridine rings is 1. The third-order valence-corrected chi connectivity index (χ3v) is 2.15. The van der Waals surface area contributed by atoms with Crippen LogP contribution >= 0.6 is 0 Å². The standard InChI is InChI=1S/C11H19N3O2/c1-9-8-14-11(7-10(9)12)13-3-2-5-16-6-4-15/h7-8,15H,2-6H2,1H3,(H3,12,13,14). The number of nitrogen functional groups attached to an aromatic ring is 1. The maximum absolute atomic E-state index is 8.49. The Morgan fingerprint density at radius 1 is 1.50 bits per heavy atom. The summed E-state index contributed by atoms with van der Waals surface area (Å²) in [6.45, 7) is 3.81. The van der Waals surface area contributed by atoms with Gasteiger partial charge in [0.15, 0.2) is 0 Å². The molecule has 0 fully saturated rings.